The fourth-order valence-electron chi connectivity index (χ4n) is 3.66. The number of carbonyl (C=O) groups excluding carboxylic acids is 1. The number of fused-ring (bicyclic) bond motifs is 1. The van der Waals surface area contributed by atoms with Crippen LogP contribution >= 0.6 is 0 Å². The molecule has 0 spiro atoms. The molecule has 172 valence electrons. The van der Waals surface area contributed by atoms with Crippen molar-refractivity contribution in [3.8, 4) is 0 Å². The van der Waals surface area contributed by atoms with E-state index in [4.69, 9.17) is 0 Å². The molecule has 1 heterocycles. The van der Waals surface area contributed by atoms with E-state index in [9.17, 15) is 30.8 Å². The van der Waals surface area contributed by atoms with Gasteiger partial charge >= 0.3 is 6.18 Å². The molecule has 1 amide bonds. The number of alkyl halides is 3. The first kappa shape index (κ1) is 22.8. The van der Waals surface area contributed by atoms with Crippen LogP contribution in [0.4, 0.5) is 28.9 Å². The summed E-state index contributed by atoms with van der Waals surface area (Å²) in [5.74, 6) is -1.26. The molecule has 1 aliphatic rings. The van der Waals surface area contributed by atoms with Crippen molar-refractivity contribution in [2.24, 2.45) is 0 Å². The molecule has 0 saturated carbocycles. The maximum absolute atomic E-state index is 13.2. The van der Waals surface area contributed by atoms with Gasteiger partial charge in [-0.3, -0.25) is 9.10 Å². The van der Waals surface area contributed by atoms with Crippen molar-refractivity contribution < 1.29 is 30.8 Å². The Morgan fingerprint density at radius 3 is 2.39 bits per heavy atom. The van der Waals surface area contributed by atoms with E-state index >= 15 is 0 Å². The number of carbonyl (C=O) groups is 1. The molecule has 10 heteroatoms. The van der Waals surface area contributed by atoms with Gasteiger partial charge in [-0.25, -0.2) is 12.8 Å². The Balaban J connectivity index is 1.59. The first-order valence-corrected chi connectivity index (χ1v) is 11.4. The third-order valence-electron chi connectivity index (χ3n) is 5.27. The molecule has 4 rings (SSSR count). The van der Waals surface area contributed by atoms with Gasteiger partial charge in [0.2, 0.25) is 0 Å². The Bertz CT molecular complexity index is 1310. The second-order valence-corrected chi connectivity index (χ2v) is 9.37. The van der Waals surface area contributed by atoms with Crippen molar-refractivity contribution in [3.63, 3.8) is 0 Å². The zero-order chi connectivity index (χ0) is 23.8. The summed E-state index contributed by atoms with van der Waals surface area (Å²) >= 11 is 0. The molecule has 0 atom stereocenters. The van der Waals surface area contributed by atoms with Crippen LogP contribution in [0.15, 0.2) is 71.6 Å². The molecule has 3 aromatic rings. The molecule has 0 fully saturated rings. The third-order valence-corrected chi connectivity index (χ3v) is 7.09. The van der Waals surface area contributed by atoms with Gasteiger partial charge in [0.1, 0.15) is 5.82 Å². The highest BCUT2D eigenvalue weighted by atomic mass is 32.2. The lowest BCUT2D eigenvalue weighted by Gasteiger charge is -2.31. The largest absolute Gasteiger partial charge is 0.416 e. The molecule has 0 bridgehead atoms. The smallest absolute Gasteiger partial charge is 0.322 e. The molecule has 0 aliphatic carbocycles. The highest BCUT2D eigenvalue weighted by molar-refractivity contribution is 7.92. The first-order chi connectivity index (χ1) is 15.6. The summed E-state index contributed by atoms with van der Waals surface area (Å²) < 4.78 is 79.3. The monoisotopic (exact) mass is 478 g/mol. The minimum absolute atomic E-state index is 0.0429. The first-order valence-electron chi connectivity index (χ1n) is 9.95. The number of halogens is 4. The van der Waals surface area contributed by atoms with E-state index < -0.39 is 33.5 Å². The highest BCUT2D eigenvalue weighted by Gasteiger charge is 2.31. The number of sulfonamides is 1. The van der Waals surface area contributed by atoms with Crippen molar-refractivity contribution in [2.45, 2.75) is 23.9 Å². The standard InChI is InChI=1S/C23H18F4N2O3S/c24-18-6-9-20(10-7-18)33(31,32)29-12-2-4-15-14-19(8-11-21(15)29)28-22(30)16-3-1-5-17(13-16)23(25,26)27/h1,3,5-11,13-14H,2,4,12H2,(H,28,30). The van der Waals surface area contributed by atoms with E-state index in [0.29, 0.717) is 29.8 Å². The fourth-order valence-corrected chi connectivity index (χ4v) is 5.20. The van der Waals surface area contributed by atoms with E-state index in [1.54, 1.807) is 6.07 Å². The van der Waals surface area contributed by atoms with Crippen LogP contribution in [0, 0.1) is 5.82 Å². The van der Waals surface area contributed by atoms with Gasteiger partial charge in [-0.1, -0.05) is 6.07 Å². The van der Waals surface area contributed by atoms with Crippen LogP contribution in [0.3, 0.4) is 0 Å². The SMILES string of the molecule is O=C(Nc1ccc2c(c1)CCCN2S(=O)(=O)c1ccc(F)cc1)c1cccc(C(F)(F)F)c1. The third kappa shape index (κ3) is 4.70. The maximum Gasteiger partial charge on any atom is 0.416 e. The number of amides is 1. The van der Waals surface area contributed by atoms with Crippen LogP contribution in [0.5, 0.6) is 0 Å². The summed E-state index contributed by atoms with van der Waals surface area (Å²) in [4.78, 5) is 12.4. The van der Waals surface area contributed by atoms with E-state index in [0.717, 1.165) is 30.3 Å². The number of nitrogens with one attached hydrogen (secondary N) is 1. The van der Waals surface area contributed by atoms with Crippen LogP contribution in [0.25, 0.3) is 0 Å². The highest BCUT2D eigenvalue weighted by Crippen LogP contribution is 2.34. The summed E-state index contributed by atoms with van der Waals surface area (Å²) in [6.45, 7) is 0.239. The molecule has 0 unspecified atom stereocenters. The Hall–Kier alpha value is -3.40. The minimum Gasteiger partial charge on any atom is -0.322 e. The van der Waals surface area contributed by atoms with Gasteiger partial charge in [0.25, 0.3) is 15.9 Å². The quantitative estimate of drug-likeness (QED) is 0.522. The molecule has 1 aliphatic heterocycles. The number of rotatable bonds is 4. The summed E-state index contributed by atoms with van der Waals surface area (Å²) in [7, 11) is -3.92. The molecule has 5 nitrogen and oxygen atoms in total. The van der Waals surface area contributed by atoms with Gasteiger partial charge in [-0.2, -0.15) is 13.2 Å². The molecular weight excluding hydrogens is 460 g/mol. The predicted molar refractivity (Wildman–Crippen MR) is 115 cm³/mol. The Kier molecular flexibility index (Phi) is 5.87. The van der Waals surface area contributed by atoms with E-state index in [1.165, 1.54) is 34.6 Å². The molecule has 3 aromatic carbocycles. The molecule has 0 radical (unpaired) electrons. The molecule has 0 saturated heterocycles. The second-order valence-electron chi connectivity index (χ2n) is 7.51. The van der Waals surface area contributed by atoms with Crippen molar-refractivity contribution in [2.75, 3.05) is 16.2 Å². The van der Waals surface area contributed by atoms with Gasteiger partial charge in [-0.05, 0) is 79.1 Å². The van der Waals surface area contributed by atoms with Crippen LogP contribution in [0.2, 0.25) is 0 Å². The van der Waals surface area contributed by atoms with Crippen LogP contribution < -0.4 is 9.62 Å². The van der Waals surface area contributed by atoms with Gasteiger partial charge in [0.05, 0.1) is 16.1 Å². The number of benzene rings is 3. The van der Waals surface area contributed by atoms with E-state index in [1.807, 2.05) is 0 Å². The van der Waals surface area contributed by atoms with Crippen LogP contribution in [-0.2, 0) is 22.6 Å². The Labute approximate surface area is 187 Å². The lowest BCUT2D eigenvalue weighted by atomic mass is 10.0. The number of nitrogens with zero attached hydrogens (tertiary/aromatic N) is 1. The van der Waals surface area contributed by atoms with Crippen molar-refractivity contribution in [3.05, 3.63) is 89.2 Å². The van der Waals surface area contributed by atoms with Crippen LogP contribution in [-0.4, -0.2) is 20.9 Å². The number of anilines is 2. The number of hydrogen-bond acceptors (Lipinski definition) is 3. The predicted octanol–water partition coefficient (Wildman–Crippen LogP) is 5.24. The summed E-state index contributed by atoms with van der Waals surface area (Å²) in [6.07, 6.45) is -3.49. The minimum atomic E-state index is -4.57. The van der Waals surface area contributed by atoms with Gasteiger partial charge in [0.15, 0.2) is 0 Å². The second kappa shape index (κ2) is 8.51. The molecular formula is C23H18F4N2O3S. The lowest BCUT2D eigenvalue weighted by molar-refractivity contribution is -0.137. The zero-order valence-corrected chi connectivity index (χ0v) is 17.9. The van der Waals surface area contributed by atoms with Gasteiger partial charge in [0, 0.05) is 17.8 Å². The fraction of sp³-hybridized carbons (Fsp3) is 0.174. The molecule has 0 aromatic heterocycles. The lowest BCUT2D eigenvalue weighted by Crippen LogP contribution is -2.35. The van der Waals surface area contributed by atoms with Crippen LogP contribution in [0.1, 0.15) is 27.9 Å². The number of aryl methyl sites for hydroxylation is 1. The Morgan fingerprint density at radius 1 is 0.970 bits per heavy atom. The summed E-state index contributed by atoms with van der Waals surface area (Å²) in [5, 5.41) is 2.56. The Morgan fingerprint density at radius 2 is 1.70 bits per heavy atom. The zero-order valence-electron chi connectivity index (χ0n) is 17.1. The van der Waals surface area contributed by atoms with E-state index in [2.05, 4.69) is 5.32 Å². The maximum atomic E-state index is 13.2. The van der Waals surface area contributed by atoms with Crippen molar-refractivity contribution in [1.29, 1.82) is 0 Å². The van der Waals surface area contributed by atoms with E-state index in [-0.39, 0.29) is 17.0 Å². The molecule has 33 heavy (non-hydrogen) atoms. The number of hydrogen-bond donors (Lipinski definition) is 1. The molecule has 1 N–H and O–H groups in total. The van der Waals surface area contributed by atoms with Crippen molar-refractivity contribution in [1.82, 2.24) is 0 Å². The summed E-state index contributed by atoms with van der Waals surface area (Å²) in [5.41, 5.74) is 0.346. The topological polar surface area (TPSA) is 66.5 Å². The van der Waals surface area contributed by atoms with Gasteiger partial charge < -0.3 is 5.32 Å². The van der Waals surface area contributed by atoms with Gasteiger partial charge in [-0.15, -0.1) is 0 Å². The average Bonchev–Trinajstić information content (AvgIpc) is 2.78. The average molecular weight is 478 g/mol. The normalized spacial score (nSPS) is 14.0. The summed E-state index contributed by atoms with van der Waals surface area (Å²) in [6, 6.07) is 13.3. The van der Waals surface area contributed by atoms with Crippen molar-refractivity contribution >= 4 is 27.3 Å².